The van der Waals surface area contributed by atoms with Crippen LogP contribution < -0.4 is 11.2 Å². The van der Waals surface area contributed by atoms with Crippen LogP contribution >= 0.6 is 0 Å². The summed E-state index contributed by atoms with van der Waals surface area (Å²) in [7, 11) is 0. The van der Waals surface area contributed by atoms with Crippen LogP contribution in [0.2, 0.25) is 0 Å². The summed E-state index contributed by atoms with van der Waals surface area (Å²) in [4.78, 5) is 39.0. The van der Waals surface area contributed by atoms with E-state index in [-0.39, 0.29) is 38.1 Å². The molecule has 0 fully saturated rings. The molecular formula is C16H21N3O5. The Morgan fingerprint density at radius 3 is 2.79 bits per heavy atom. The Hall–Kier alpha value is -2.61. The van der Waals surface area contributed by atoms with E-state index in [9.17, 15) is 19.5 Å². The first kappa shape index (κ1) is 17.7. The number of aliphatic hydroxyl groups is 1. The Morgan fingerprint density at radius 1 is 1.42 bits per heavy atom. The number of nitrogens with one attached hydrogen (secondary N) is 1. The van der Waals surface area contributed by atoms with Gasteiger partial charge in [-0.05, 0) is 18.6 Å². The molecule has 24 heavy (non-hydrogen) atoms. The fraction of sp³-hybridized carbons (Fsp3) is 0.438. The van der Waals surface area contributed by atoms with Crippen molar-refractivity contribution in [2.45, 2.75) is 38.9 Å². The topological polar surface area (TPSA) is 109 Å². The Bertz CT molecular complexity index is 759. The number of hydrogen-bond donors (Lipinski definition) is 2. The van der Waals surface area contributed by atoms with E-state index in [1.54, 1.807) is 17.0 Å². The first-order valence-corrected chi connectivity index (χ1v) is 7.77. The Balaban J connectivity index is 2.09. The average Bonchev–Trinajstić information content (AvgIpc) is 3.07. The summed E-state index contributed by atoms with van der Waals surface area (Å²) >= 11 is 0. The highest BCUT2D eigenvalue weighted by Crippen LogP contribution is 2.13. The van der Waals surface area contributed by atoms with Crippen LogP contribution in [-0.4, -0.2) is 38.1 Å². The van der Waals surface area contributed by atoms with Gasteiger partial charge in [0.05, 0.1) is 25.5 Å². The van der Waals surface area contributed by atoms with Crippen molar-refractivity contribution in [1.29, 1.82) is 0 Å². The van der Waals surface area contributed by atoms with E-state index in [2.05, 4.69) is 4.98 Å². The molecule has 0 aliphatic carbocycles. The van der Waals surface area contributed by atoms with Crippen LogP contribution in [0.25, 0.3) is 0 Å². The standard InChI is InChI=1S/C16H21N3O5/c1-2-12(11-20)19(10-13-4-3-9-24-13)15(22)6-8-18-7-5-14(21)17-16(18)23/h3-5,7,9,12,20H,2,6,8,10-11H2,1H3,(H,17,21,23)/t12-/m1/s1. The maximum absolute atomic E-state index is 12.6. The molecule has 130 valence electrons. The number of carbonyl (C=O) groups is 1. The van der Waals surface area contributed by atoms with Gasteiger partial charge >= 0.3 is 5.69 Å². The largest absolute Gasteiger partial charge is 0.467 e. The highest BCUT2D eigenvalue weighted by molar-refractivity contribution is 5.76. The molecule has 2 N–H and O–H groups in total. The first-order valence-electron chi connectivity index (χ1n) is 7.77. The lowest BCUT2D eigenvalue weighted by Crippen LogP contribution is -2.42. The molecule has 0 aliphatic heterocycles. The number of carbonyl (C=O) groups excluding carboxylic acids is 1. The number of aromatic nitrogens is 2. The van der Waals surface area contributed by atoms with Crippen LogP contribution in [0.1, 0.15) is 25.5 Å². The molecule has 2 aromatic rings. The Labute approximate surface area is 138 Å². The van der Waals surface area contributed by atoms with Gasteiger partial charge in [0.2, 0.25) is 5.91 Å². The third-order valence-corrected chi connectivity index (χ3v) is 3.81. The van der Waals surface area contributed by atoms with Crippen LogP contribution in [0.5, 0.6) is 0 Å². The minimum absolute atomic E-state index is 0.0726. The average molecular weight is 335 g/mol. The number of furan rings is 1. The summed E-state index contributed by atoms with van der Waals surface area (Å²) in [6.45, 7) is 2.13. The van der Waals surface area contributed by atoms with E-state index in [4.69, 9.17) is 4.42 Å². The molecule has 0 unspecified atom stereocenters. The first-order chi connectivity index (χ1) is 11.5. The molecular weight excluding hydrogens is 314 g/mol. The molecule has 0 saturated carbocycles. The van der Waals surface area contributed by atoms with Crippen molar-refractivity contribution in [1.82, 2.24) is 14.5 Å². The van der Waals surface area contributed by atoms with Crippen molar-refractivity contribution < 1.29 is 14.3 Å². The van der Waals surface area contributed by atoms with E-state index in [1.807, 2.05) is 6.92 Å². The predicted molar refractivity (Wildman–Crippen MR) is 86.4 cm³/mol. The third-order valence-electron chi connectivity index (χ3n) is 3.81. The van der Waals surface area contributed by atoms with Crippen molar-refractivity contribution in [3.63, 3.8) is 0 Å². The number of aliphatic hydroxyl groups excluding tert-OH is 1. The second kappa shape index (κ2) is 8.30. The predicted octanol–water partition coefficient (Wildman–Crippen LogP) is 0.319. The summed E-state index contributed by atoms with van der Waals surface area (Å²) < 4.78 is 6.55. The fourth-order valence-corrected chi connectivity index (χ4v) is 2.42. The lowest BCUT2D eigenvalue weighted by atomic mass is 10.1. The molecule has 0 saturated heterocycles. The lowest BCUT2D eigenvalue weighted by molar-refractivity contribution is -0.135. The van der Waals surface area contributed by atoms with Crippen molar-refractivity contribution in [3.8, 4) is 0 Å². The zero-order valence-corrected chi connectivity index (χ0v) is 13.5. The molecule has 0 aromatic carbocycles. The number of aromatic amines is 1. The number of rotatable bonds is 8. The fourth-order valence-electron chi connectivity index (χ4n) is 2.42. The molecule has 2 heterocycles. The summed E-state index contributed by atoms with van der Waals surface area (Å²) in [6.07, 6.45) is 3.55. The third kappa shape index (κ3) is 4.45. The van der Waals surface area contributed by atoms with Crippen LogP contribution in [0.4, 0.5) is 0 Å². The zero-order valence-electron chi connectivity index (χ0n) is 13.5. The van der Waals surface area contributed by atoms with Gasteiger partial charge in [0.15, 0.2) is 0 Å². The van der Waals surface area contributed by atoms with Crippen molar-refractivity contribution in [2.75, 3.05) is 6.61 Å². The Kier molecular flexibility index (Phi) is 6.14. The van der Waals surface area contributed by atoms with Gasteiger partial charge < -0.3 is 19.0 Å². The van der Waals surface area contributed by atoms with Crippen molar-refractivity contribution in [3.05, 3.63) is 57.3 Å². The normalized spacial score (nSPS) is 12.1. The lowest BCUT2D eigenvalue weighted by Gasteiger charge is -2.29. The van der Waals surface area contributed by atoms with E-state index in [0.717, 1.165) is 0 Å². The maximum Gasteiger partial charge on any atom is 0.328 e. The second-order valence-corrected chi connectivity index (χ2v) is 5.40. The highest BCUT2D eigenvalue weighted by atomic mass is 16.3. The maximum atomic E-state index is 12.6. The smallest absolute Gasteiger partial charge is 0.328 e. The van der Waals surface area contributed by atoms with Crippen LogP contribution in [0.3, 0.4) is 0 Å². The monoisotopic (exact) mass is 335 g/mol. The number of H-pyrrole nitrogens is 1. The molecule has 2 rings (SSSR count). The molecule has 1 atom stereocenters. The van der Waals surface area contributed by atoms with Gasteiger partial charge in [-0.15, -0.1) is 0 Å². The molecule has 2 aromatic heterocycles. The van der Waals surface area contributed by atoms with Gasteiger partial charge in [-0.2, -0.15) is 0 Å². The summed E-state index contributed by atoms with van der Waals surface area (Å²) in [6, 6.07) is 4.40. The molecule has 8 nitrogen and oxygen atoms in total. The zero-order chi connectivity index (χ0) is 17.5. The van der Waals surface area contributed by atoms with E-state index in [1.165, 1.54) is 23.1 Å². The number of amides is 1. The SMILES string of the molecule is CC[C@H](CO)N(Cc1ccco1)C(=O)CCn1ccc(=O)[nH]c1=O. The number of nitrogens with zero attached hydrogens (tertiary/aromatic N) is 2. The summed E-state index contributed by atoms with van der Waals surface area (Å²) in [5.74, 6) is 0.418. The van der Waals surface area contributed by atoms with Crippen LogP contribution in [-0.2, 0) is 17.9 Å². The van der Waals surface area contributed by atoms with E-state index in [0.29, 0.717) is 12.2 Å². The Morgan fingerprint density at radius 2 is 2.21 bits per heavy atom. The van der Waals surface area contributed by atoms with Gasteiger partial charge in [0.1, 0.15) is 5.76 Å². The minimum Gasteiger partial charge on any atom is -0.467 e. The molecule has 8 heteroatoms. The molecule has 0 radical (unpaired) electrons. The van der Waals surface area contributed by atoms with Gasteiger partial charge in [-0.1, -0.05) is 6.92 Å². The highest BCUT2D eigenvalue weighted by Gasteiger charge is 2.22. The molecule has 0 bridgehead atoms. The van der Waals surface area contributed by atoms with E-state index >= 15 is 0 Å². The van der Waals surface area contributed by atoms with Crippen LogP contribution in [0, 0.1) is 0 Å². The summed E-state index contributed by atoms with van der Waals surface area (Å²) in [5.41, 5.74) is -1.03. The van der Waals surface area contributed by atoms with Crippen LogP contribution in [0.15, 0.2) is 44.7 Å². The quantitative estimate of drug-likeness (QED) is 0.722. The van der Waals surface area contributed by atoms with Gasteiger partial charge in [-0.3, -0.25) is 14.6 Å². The summed E-state index contributed by atoms with van der Waals surface area (Å²) in [5, 5.41) is 9.51. The van der Waals surface area contributed by atoms with Crippen molar-refractivity contribution in [2.24, 2.45) is 0 Å². The molecule has 0 spiro atoms. The van der Waals surface area contributed by atoms with Gasteiger partial charge in [0, 0.05) is 25.2 Å². The molecule has 1 amide bonds. The number of aryl methyl sites for hydroxylation is 1. The van der Waals surface area contributed by atoms with Crippen molar-refractivity contribution >= 4 is 5.91 Å². The van der Waals surface area contributed by atoms with Gasteiger partial charge in [-0.25, -0.2) is 4.79 Å². The minimum atomic E-state index is -0.554. The second-order valence-electron chi connectivity index (χ2n) is 5.40. The number of hydrogen-bond acceptors (Lipinski definition) is 5. The van der Waals surface area contributed by atoms with Gasteiger partial charge in [0.25, 0.3) is 5.56 Å². The van der Waals surface area contributed by atoms with E-state index < -0.39 is 11.2 Å². The molecule has 0 aliphatic rings.